The first-order valence-corrected chi connectivity index (χ1v) is 8.56. The molecule has 0 aromatic heterocycles. The molecule has 0 atom stereocenters. The normalized spacial score (nSPS) is 14.3. The number of hydrogen-bond acceptors (Lipinski definition) is 2. The van der Waals surface area contributed by atoms with Crippen LogP contribution in [0.2, 0.25) is 0 Å². The molecule has 0 bridgehead atoms. The molecule has 2 N–H and O–H groups in total. The van der Waals surface area contributed by atoms with Gasteiger partial charge in [0.15, 0.2) is 0 Å². The molecule has 130 valence electrons. The Morgan fingerprint density at radius 3 is 2.16 bits per heavy atom. The van der Waals surface area contributed by atoms with Gasteiger partial charge < -0.3 is 10.6 Å². The number of nitrogens with one attached hydrogen (secondary N) is 2. The SMILES string of the molecule is O=C(NCc1ccccc1F)c1ccc(C(=O)NC2CCCC2)cc1. The van der Waals surface area contributed by atoms with Gasteiger partial charge in [-0.2, -0.15) is 0 Å². The number of carbonyl (C=O) groups excluding carboxylic acids is 2. The van der Waals surface area contributed by atoms with Crippen LogP contribution in [0.5, 0.6) is 0 Å². The lowest BCUT2D eigenvalue weighted by Crippen LogP contribution is -2.32. The van der Waals surface area contributed by atoms with E-state index >= 15 is 0 Å². The van der Waals surface area contributed by atoms with E-state index < -0.39 is 0 Å². The lowest BCUT2D eigenvalue weighted by atomic mass is 10.1. The molecular weight excluding hydrogens is 319 g/mol. The van der Waals surface area contributed by atoms with Gasteiger partial charge in [0.2, 0.25) is 0 Å². The summed E-state index contributed by atoms with van der Waals surface area (Å²) in [7, 11) is 0. The maximum absolute atomic E-state index is 13.6. The van der Waals surface area contributed by atoms with Crippen molar-refractivity contribution in [1.82, 2.24) is 10.6 Å². The molecule has 0 saturated heterocycles. The third kappa shape index (κ3) is 4.44. The van der Waals surface area contributed by atoms with Crippen LogP contribution in [0.1, 0.15) is 52.0 Å². The summed E-state index contributed by atoms with van der Waals surface area (Å²) in [5.74, 6) is -0.752. The zero-order chi connectivity index (χ0) is 17.6. The Labute approximate surface area is 146 Å². The van der Waals surface area contributed by atoms with E-state index in [9.17, 15) is 14.0 Å². The highest BCUT2D eigenvalue weighted by Gasteiger charge is 2.18. The molecule has 0 unspecified atom stereocenters. The third-order valence-corrected chi connectivity index (χ3v) is 4.50. The maximum atomic E-state index is 13.6. The molecule has 4 nitrogen and oxygen atoms in total. The minimum Gasteiger partial charge on any atom is -0.349 e. The molecule has 0 spiro atoms. The van der Waals surface area contributed by atoms with E-state index in [1.807, 2.05) is 0 Å². The highest BCUT2D eigenvalue weighted by Crippen LogP contribution is 2.18. The summed E-state index contributed by atoms with van der Waals surface area (Å²) in [5, 5.41) is 5.70. The average molecular weight is 340 g/mol. The van der Waals surface area contributed by atoms with Crippen LogP contribution < -0.4 is 10.6 Å². The number of hydrogen-bond donors (Lipinski definition) is 2. The molecule has 2 aromatic carbocycles. The third-order valence-electron chi connectivity index (χ3n) is 4.50. The summed E-state index contributed by atoms with van der Waals surface area (Å²) in [6.07, 6.45) is 4.38. The second kappa shape index (κ2) is 7.92. The average Bonchev–Trinajstić information content (AvgIpc) is 3.14. The Bertz CT molecular complexity index is 753. The van der Waals surface area contributed by atoms with Crippen molar-refractivity contribution in [2.75, 3.05) is 0 Å². The Morgan fingerprint density at radius 2 is 1.52 bits per heavy atom. The Hall–Kier alpha value is -2.69. The van der Waals surface area contributed by atoms with Crippen LogP contribution in [0.4, 0.5) is 4.39 Å². The molecule has 0 radical (unpaired) electrons. The number of halogens is 1. The van der Waals surface area contributed by atoms with Gasteiger partial charge in [-0.25, -0.2) is 4.39 Å². The smallest absolute Gasteiger partial charge is 0.251 e. The standard InChI is InChI=1S/C20H21FN2O2/c21-18-8-4-1-5-16(18)13-22-19(24)14-9-11-15(12-10-14)20(25)23-17-6-2-3-7-17/h1,4-5,8-12,17H,2-3,6-7,13H2,(H,22,24)(H,23,25). The summed E-state index contributed by atoms with van der Waals surface area (Å²) in [4.78, 5) is 24.3. The largest absolute Gasteiger partial charge is 0.349 e. The van der Waals surface area contributed by atoms with Gasteiger partial charge in [0.05, 0.1) is 0 Å². The predicted octanol–water partition coefficient (Wildman–Crippen LogP) is 3.43. The van der Waals surface area contributed by atoms with Gasteiger partial charge in [-0.15, -0.1) is 0 Å². The van der Waals surface area contributed by atoms with E-state index in [0.717, 1.165) is 25.7 Å². The van der Waals surface area contributed by atoms with Crippen molar-refractivity contribution < 1.29 is 14.0 Å². The molecule has 1 saturated carbocycles. The van der Waals surface area contributed by atoms with Gasteiger partial charge in [0, 0.05) is 29.3 Å². The van der Waals surface area contributed by atoms with Crippen molar-refractivity contribution in [3.8, 4) is 0 Å². The molecule has 1 fully saturated rings. The summed E-state index contributed by atoms with van der Waals surface area (Å²) >= 11 is 0. The summed E-state index contributed by atoms with van der Waals surface area (Å²) in [5.41, 5.74) is 1.41. The van der Waals surface area contributed by atoms with Crippen LogP contribution in [0.25, 0.3) is 0 Å². The fraction of sp³-hybridized carbons (Fsp3) is 0.300. The summed E-state index contributed by atoms with van der Waals surface area (Å²) in [6.45, 7) is 0.120. The topological polar surface area (TPSA) is 58.2 Å². The van der Waals surface area contributed by atoms with Crippen molar-refractivity contribution in [1.29, 1.82) is 0 Å². The van der Waals surface area contributed by atoms with E-state index in [1.54, 1.807) is 42.5 Å². The van der Waals surface area contributed by atoms with Crippen LogP contribution in [0.15, 0.2) is 48.5 Å². The van der Waals surface area contributed by atoms with E-state index in [1.165, 1.54) is 6.07 Å². The second-order valence-electron chi connectivity index (χ2n) is 6.31. The maximum Gasteiger partial charge on any atom is 0.251 e. The predicted molar refractivity (Wildman–Crippen MR) is 93.7 cm³/mol. The first-order chi connectivity index (χ1) is 12.1. The van der Waals surface area contributed by atoms with Crippen molar-refractivity contribution >= 4 is 11.8 Å². The second-order valence-corrected chi connectivity index (χ2v) is 6.31. The zero-order valence-corrected chi connectivity index (χ0v) is 13.9. The Kier molecular flexibility index (Phi) is 5.43. The van der Waals surface area contributed by atoms with Gasteiger partial charge in [0.1, 0.15) is 5.82 Å². The van der Waals surface area contributed by atoms with E-state index in [0.29, 0.717) is 16.7 Å². The van der Waals surface area contributed by atoms with Gasteiger partial charge in [-0.05, 0) is 43.2 Å². The molecular formula is C20H21FN2O2. The first kappa shape index (κ1) is 17.1. The molecule has 2 aromatic rings. The summed E-state index contributed by atoms with van der Waals surface area (Å²) in [6, 6.07) is 13.1. The van der Waals surface area contributed by atoms with Crippen LogP contribution in [0.3, 0.4) is 0 Å². The molecule has 2 amide bonds. The Balaban J connectivity index is 1.56. The van der Waals surface area contributed by atoms with Crippen LogP contribution in [0, 0.1) is 5.82 Å². The fourth-order valence-electron chi connectivity index (χ4n) is 3.03. The van der Waals surface area contributed by atoms with Crippen molar-refractivity contribution in [2.45, 2.75) is 38.3 Å². The molecule has 5 heteroatoms. The van der Waals surface area contributed by atoms with Gasteiger partial charge in [-0.3, -0.25) is 9.59 Å². The van der Waals surface area contributed by atoms with E-state index in [4.69, 9.17) is 0 Å². The minimum absolute atomic E-state index is 0.106. The van der Waals surface area contributed by atoms with Crippen LogP contribution in [-0.2, 0) is 6.54 Å². The van der Waals surface area contributed by atoms with Crippen LogP contribution >= 0.6 is 0 Å². The molecule has 25 heavy (non-hydrogen) atoms. The minimum atomic E-state index is -0.346. The molecule has 1 aliphatic carbocycles. The highest BCUT2D eigenvalue weighted by atomic mass is 19.1. The molecule has 3 rings (SSSR count). The highest BCUT2D eigenvalue weighted by molar-refractivity contribution is 5.97. The van der Waals surface area contributed by atoms with Gasteiger partial charge in [0.25, 0.3) is 11.8 Å². The lowest BCUT2D eigenvalue weighted by molar-refractivity contribution is 0.0930. The number of amides is 2. The molecule has 0 aliphatic heterocycles. The quantitative estimate of drug-likeness (QED) is 0.876. The van der Waals surface area contributed by atoms with Crippen molar-refractivity contribution in [3.63, 3.8) is 0 Å². The number of carbonyl (C=O) groups is 2. The van der Waals surface area contributed by atoms with E-state index in [2.05, 4.69) is 10.6 Å². The monoisotopic (exact) mass is 340 g/mol. The van der Waals surface area contributed by atoms with E-state index in [-0.39, 0.29) is 30.2 Å². The van der Waals surface area contributed by atoms with Gasteiger partial charge in [-0.1, -0.05) is 31.0 Å². The van der Waals surface area contributed by atoms with Gasteiger partial charge >= 0.3 is 0 Å². The number of rotatable bonds is 5. The Morgan fingerprint density at radius 1 is 0.920 bits per heavy atom. The van der Waals surface area contributed by atoms with Crippen LogP contribution in [-0.4, -0.2) is 17.9 Å². The fourth-order valence-corrected chi connectivity index (χ4v) is 3.03. The zero-order valence-electron chi connectivity index (χ0n) is 13.9. The van der Waals surface area contributed by atoms with Crippen molar-refractivity contribution in [2.24, 2.45) is 0 Å². The molecule has 0 heterocycles. The van der Waals surface area contributed by atoms with Crippen molar-refractivity contribution in [3.05, 3.63) is 71.0 Å². The number of benzene rings is 2. The lowest BCUT2D eigenvalue weighted by Gasteiger charge is -2.12. The summed E-state index contributed by atoms with van der Waals surface area (Å²) < 4.78 is 13.6. The first-order valence-electron chi connectivity index (χ1n) is 8.56. The molecule has 1 aliphatic rings.